The molecule has 84 valence electrons. The van der Waals surface area contributed by atoms with Gasteiger partial charge in [0.2, 0.25) is 0 Å². The summed E-state index contributed by atoms with van der Waals surface area (Å²) in [6.45, 7) is -5.15. The number of halogens is 6. The number of hydrogen-bond donors (Lipinski definition) is 0. The topological polar surface area (TPSA) is 0 Å². The van der Waals surface area contributed by atoms with Crippen molar-refractivity contribution in [2.24, 2.45) is 0 Å². The Morgan fingerprint density at radius 2 is 1.38 bits per heavy atom. The number of rotatable bonds is 2. The Bertz CT molecular complexity index is 332. The van der Waals surface area contributed by atoms with Crippen LogP contribution in [0.4, 0.5) is 26.1 Å². The fraction of sp³-hybridized carbons (Fsp3) is 0.143. The van der Waals surface area contributed by atoms with Gasteiger partial charge in [-0.25, -0.2) is 0 Å². The van der Waals surface area contributed by atoms with E-state index < -0.39 is 29.7 Å². The Hall–Kier alpha value is 0.851. The van der Waals surface area contributed by atoms with E-state index >= 15 is 0 Å². The molecule has 0 heterocycles. The first-order valence-electron chi connectivity index (χ1n) is 3.74. The van der Waals surface area contributed by atoms with Gasteiger partial charge in [0, 0.05) is 4.90 Å². The average molecular weight is 284 g/mol. The van der Waals surface area contributed by atoms with E-state index in [0.717, 1.165) is 12.1 Å². The zero-order valence-electron chi connectivity index (χ0n) is 8.06. The minimum absolute atomic E-state index is 0. The molecule has 0 atom stereocenters. The minimum atomic E-state index is -5.15. The molecule has 1 aromatic rings. The molecule has 0 aliphatic rings. The van der Waals surface area contributed by atoms with Crippen molar-refractivity contribution < 1.29 is 77.5 Å². The van der Waals surface area contributed by atoms with Crippen LogP contribution in [0.25, 0.3) is 0 Å². The third kappa shape index (κ3) is 5.97. The average Bonchev–Trinajstić information content (AvgIpc) is 2.00. The van der Waals surface area contributed by atoms with Crippen molar-refractivity contribution in [1.29, 1.82) is 0 Å². The van der Waals surface area contributed by atoms with Gasteiger partial charge < -0.3 is 12.9 Å². The molecule has 0 aliphatic heterocycles. The fourth-order valence-corrected chi connectivity index (χ4v) is 1.43. The third-order valence-corrected chi connectivity index (χ3v) is 2.23. The monoisotopic (exact) mass is 284 g/mol. The molecule has 0 spiro atoms. The van der Waals surface area contributed by atoms with Crippen molar-refractivity contribution in [2.45, 2.75) is 10.4 Å². The maximum atomic E-state index is 12.1. The molecule has 0 radical (unpaired) electrons. The van der Waals surface area contributed by atoms with Crippen LogP contribution in [-0.4, -0.2) is 12.5 Å². The molecule has 1 aromatic carbocycles. The van der Waals surface area contributed by atoms with Gasteiger partial charge in [0.05, 0.1) is 0 Å². The van der Waals surface area contributed by atoms with Crippen LogP contribution >= 0.6 is 11.8 Å². The summed E-state index contributed by atoms with van der Waals surface area (Å²) in [4.78, 5) is -0.258. The van der Waals surface area contributed by atoms with Gasteiger partial charge in [-0.3, -0.25) is 0 Å². The van der Waals surface area contributed by atoms with Gasteiger partial charge in [0.15, 0.2) is 0 Å². The Morgan fingerprint density at radius 1 is 0.938 bits per heavy atom. The standard InChI is InChI=1S/C7H4BF6S.K/c9-7(10,11)15-6-3-1-5(2-4-6)8(12,13)14;/h1-4H;/q-1;+1. The maximum Gasteiger partial charge on any atom is 1.00 e. The number of alkyl halides is 3. The van der Waals surface area contributed by atoms with E-state index in [1.807, 2.05) is 0 Å². The zero-order chi connectivity index (χ0) is 11.7. The smallest absolute Gasteiger partial charge is 0.445 e. The van der Waals surface area contributed by atoms with Crippen LogP contribution in [0.15, 0.2) is 29.2 Å². The van der Waals surface area contributed by atoms with Crippen molar-refractivity contribution in [3.63, 3.8) is 0 Å². The summed E-state index contributed by atoms with van der Waals surface area (Å²) >= 11 is -0.440. The van der Waals surface area contributed by atoms with Gasteiger partial charge in [0.25, 0.3) is 0 Å². The van der Waals surface area contributed by atoms with E-state index in [0.29, 0.717) is 12.1 Å². The molecule has 9 heteroatoms. The second-order valence-electron chi connectivity index (χ2n) is 2.69. The second kappa shape index (κ2) is 6.15. The van der Waals surface area contributed by atoms with Crippen molar-refractivity contribution in [3.8, 4) is 0 Å². The first-order valence-corrected chi connectivity index (χ1v) is 4.56. The fourth-order valence-electron chi connectivity index (χ4n) is 0.888. The van der Waals surface area contributed by atoms with E-state index in [4.69, 9.17) is 0 Å². The summed E-state index contributed by atoms with van der Waals surface area (Å²) in [5, 5.41) is 0. The van der Waals surface area contributed by atoms with Crippen LogP contribution in [0.2, 0.25) is 0 Å². The molecule has 0 unspecified atom stereocenters. The van der Waals surface area contributed by atoms with Gasteiger partial charge in [-0.15, -0.1) is 5.46 Å². The Kier molecular flexibility index (Phi) is 6.47. The first-order chi connectivity index (χ1) is 6.68. The predicted molar refractivity (Wildman–Crippen MR) is 47.1 cm³/mol. The molecule has 0 amide bonds. The molecule has 0 saturated carbocycles. The number of benzene rings is 1. The second-order valence-corrected chi connectivity index (χ2v) is 3.83. The van der Waals surface area contributed by atoms with Crippen LogP contribution < -0.4 is 56.8 Å². The predicted octanol–water partition coefficient (Wildman–Crippen LogP) is 0.357. The molecular weight excluding hydrogens is 280 g/mol. The van der Waals surface area contributed by atoms with Crippen LogP contribution in [0.5, 0.6) is 0 Å². The summed E-state index contributed by atoms with van der Waals surface area (Å²) < 4.78 is 71.7. The van der Waals surface area contributed by atoms with Gasteiger partial charge >= 0.3 is 63.9 Å². The molecule has 0 nitrogen and oxygen atoms in total. The summed E-state index contributed by atoms with van der Waals surface area (Å²) in [5.41, 5.74) is -5.38. The molecule has 16 heavy (non-hydrogen) atoms. The van der Waals surface area contributed by atoms with E-state index in [1.54, 1.807) is 0 Å². The van der Waals surface area contributed by atoms with Gasteiger partial charge in [-0.2, -0.15) is 13.2 Å². The van der Waals surface area contributed by atoms with Gasteiger partial charge in [-0.05, 0) is 11.8 Å². The summed E-state index contributed by atoms with van der Waals surface area (Å²) in [7, 11) is 0. The van der Waals surface area contributed by atoms with Crippen molar-refractivity contribution in [3.05, 3.63) is 24.3 Å². The van der Waals surface area contributed by atoms with Crippen molar-refractivity contribution >= 4 is 24.2 Å². The minimum Gasteiger partial charge on any atom is -0.445 e. The zero-order valence-corrected chi connectivity index (χ0v) is 12.0. The Labute approximate surface area is 135 Å². The van der Waals surface area contributed by atoms with E-state index in [1.165, 1.54) is 0 Å². The van der Waals surface area contributed by atoms with Gasteiger partial charge in [0.1, 0.15) is 0 Å². The van der Waals surface area contributed by atoms with Crippen LogP contribution in [0.1, 0.15) is 0 Å². The Morgan fingerprint density at radius 3 is 1.69 bits per heavy atom. The number of thioether (sulfide) groups is 1. The molecule has 0 aliphatic carbocycles. The normalized spacial score (nSPS) is 12.1. The molecule has 1 rings (SSSR count). The Balaban J connectivity index is 0.00000225. The maximum absolute atomic E-state index is 12.1. The summed E-state index contributed by atoms with van der Waals surface area (Å²) in [5.74, 6) is 0. The quantitative estimate of drug-likeness (QED) is 0.429. The molecular formula is C7H4BF6KS. The largest absolute Gasteiger partial charge is 1.00 e. The molecule has 0 saturated heterocycles. The van der Waals surface area contributed by atoms with E-state index in [2.05, 4.69) is 0 Å². The van der Waals surface area contributed by atoms with Crippen LogP contribution in [-0.2, 0) is 0 Å². The summed E-state index contributed by atoms with van der Waals surface area (Å²) in [6.07, 6.45) is 0. The van der Waals surface area contributed by atoms with Crippen molar-refractivity contribution in [2.75, 3.05) is 0 Å². The van der Waals surface area contributed by atoms with Crippen molar-refractivity contribution in [1.82, 2.24) is 0 Å². The van der Waals surface area contributed by atoms with Gasteiger partial charge in [-0.1, -0.05) is 24.3 Å². The SMILES string of the molecule is F[B-](F)(F)c1ccc(SC(F)(F)F)cc1.[K+]. The van der Waals surface area contributed by atoms with Crippen LogP contribution in [0.3, 0.4) is 0 Å². The molecule has 0 fully saturated rings. The van der Waals surface area contributed by atoms with Crippen LogP contribution in [0, 0.1) is 0 Å². The van der Waals surface area contributed by atoms with E-state index in [9.17, 15) is 26.1 Å². The molecule has 0 bridgehead atoms. The third-order valence-electron chi connectivity index (χ3n) is 1.49. The summed E-state index contributed by atoms with van der Waals surface area (Å²) in [6, 6.07) is 2.91. The molecule has 0 aromatic heterocycles. The first kappa shape index (κ1) is 16.9. The van der Waals surface area contributed by atoms with E-state index in [-0.39, 0.29) is 56.3 Å². The number of hydrogen-bond acceptors (Lipinski definition) is 1. The molecule has 0 N–H and O–H groups in total.